The van der Waals surface area contributed by atoms with E-state index in [2.05, 4.69) is 13.2 Å². The maximum Gasteiger partial charge on any atom is 0.334 e. The molecule has 2 aliphatic carbocycles. The van der Waals surface area contributed by atoms with Crippen molar-refractivity contribution in [2.24, 2.45) is 17.3 Å². The summed E-state index contributed by atoms with van der Waals surface area (Å²) in [7, 11) is 0. The minimum absolute atomic E-state index is 0.225. The van der Waals surface area contributed by atoms with E-state index in [1.807, 2.05) is 6.92 Å². The molecule has 0 spiro atoms. The largest absolute Gasteiger partial charge is 0.458 e. The summed E-state index contributed by atoms with van der Waals surface area (Å²) in [6.45, 7) is 13.5. The van der Waals surface area contributed by atoms with Gasteiger partial charge in [0.1, 0.15) is 12.2 Å². The second-order valence-corrected chi connectivity index (χ2v) is 7.74. The van der Waals surface area contributed by atoms with E-state index in [1.54, 1.807) is 19.9 Å². The molecular weight excluding hydrogens is 320 g/mol. The molecule has 5 heteroatoms. The van der Waals surface area contributed by atoms with E-state index in [-0.39, 0.29) is 11.8 Å². The maximum atomic E-state index is 12.4. The average Bonchev–Trinajstić information content (AvgIpc) is 2.84. The number of rotatable bonds is 2. The Balaban J connectivity index is 2.04. The zero-order valence-electron chi connectivity index (χ0n) is 15.1. The number of allylic oxidation sites excluding steroid dienone is 1. The molecule has 1 N–H and O–H groups in total. The number of ether oxygens (including phenoxy) is 2. The standard InChI is InChI=1S/C20H26O5/c1-6-10(2)18(22)25-17-15-12(4)19(23)24-13(15)9-20(5)14(21)8-7-11(3)16(17)20/h6,13-17,21H,3-4,7-9H2,1-2,5H3/b10-6-/t13-,14+,15-,16+,17-,20-/m0/s1. The van der Waals surface area contributed by atoms with Gasteiger partial charge in [0.15, 0.2) is 0 Å². The lowest BCUT2D eigenvalue weighted by Gasteiger charge is -2.54. The topological polar surface area (TPSA) is 72.8 Å². The number of hydrogen-bond acceptors (Lipinski definition) is 5. The van der Waals surface area contributed by atoms with Crippen LogP contribution in [0.4, 0.5) is 0 Å². The van der Waals surface area contributed by atoms with Gasteiger partial charge in [-0.25, -0.2) is 9.59 Å². The molecule has 5 nitrogen and oxygen atoms in total. The molecule has 0 radical (unpaired) electrons. The van der Waals surface area contributed by atoms with Crippen LogP contribution in [0.25, 0.3) is 0 Å². The molecule has 0 unspecified atom stereocenters. The molecule has 25 heavy (non-hydrogen) atoms. The molecule has 3 rings (SSSR count). The van der Waals surface area contributed by atoms with Gasteiger partial charge in [-0.3, -0.25) is 0 Å². The Hall–Kier alpha value is -1.88. The molecular formula is C20H26O5. The van der Waals surface area contributed by atoms with Gasteiger partial charge in [0, 0.05) is 22.5 Å². The average molecular weight is 346 g/mol. The number of carbonyl (C=O) groups is 2. The Bertz CT molecular complexity index is 676. The number of aliphatic hydroxyl groups excluding tert-OH is 1. The van der Waals surface area contributed by atoms with E-state index in [1.165, 1.54) is 0 Å². The summed E-state index contributed by atoms with van der Waals surface area (Å²) in [6.07, 6.45) is 1.92. The van der Waals surface area contributed by atoms with Gasteiger partial charge >= 0.3 is 11.9 Å². The second kappa shape index (κ2) is 6.13. The van der Waals surface area contributed by atoms with Crippen molar-refractivity contribution >= 4 is 11.9 Å². The van der Waals surface area contributed by atoms with Gasteiger partial charge < -0.3 is 14.6 Å². The fourth-order valence-electron chi connectivity index (χ4n) is 4.69. The fourth-order valence-corrected chi connectivity index (χ4v) is 4.69. The molecule has 1 heterocycles. The summed E-state index contributed by atoms with van der Waals surface area (Å²) in [4.78, 5) is 24.5. The van der Waals surface area contributed by atoms with Crippen LogP contribution in [0.3, 0.4) is 0 Å². The second-order valence-electron chi connectivity index (χ2n) is 7.74. The SMILES string of the molecule is C=C1C(=O)O[C@H]2C[C@@]3(C)[C@H](O)CCC(=C)[C@@H]3[C@@H](OC(=O)/C(C)=C\C)[C@@H]12. The first kappa shape index (κ1) is 17.9. The molecule has 0 amide bonds. The first-order chi connectivity index (χ1) is 11.7. The highest BCUT2D eigenvalue weighted by Gasteiger charge is 2.62. The highest BCUT2D eigenvalue weighted by atomic mass is 16.6. The zero-order valence-corrected chi connectivity index (χ0v) is 15.1. The normalized spacial score (nSPS) is 41.0. The predicted molar refractivity (Wildman–Crippen MR) is 92.4 cm³/mol. The summed E-state index contributed by atoms with van der Waals surface area (Å²) in [6, 6.07) is 0. The van der Waals surface area contributed by atoms with Crippen LogP contribution in [0.5, 0.6) is 0 Å². The minimum atomic E-state index is -0.604. The van der Waals surface area contributed by atoms with Crippen molar-refractivity contribution in [1.29, 1.82) is 0 Å². The van der Waals surface area contributed by atoms with Crippen LogP contribution in [-0.4, -0.2) is 35.4 Å². The van der Waals surface area contributed by atoms with E-state index >= 15 is 0 Å². The van der Waals surface area contributed by atoms with Gasteiger partial charge in [-0.05, 0) is 33.1 Å². The molecule has 0 aromatic heterocycles. The summed E-state index contributed by atoms with van der Waals surface area (Å²) in [5.41, 5.74) is 1.25. The Morgan fingerprint density at radius 1 is 1.44 bits per heavy atom. The first-order valence-electron chi connectivity index (χ1n) is 8.80. The quantitative estimate of drug-likeness (QED) is 0.473. The minimum Gasteiger partial charge on any atom is -0.458 e. The van der Waals surface area contributed by atoms with Crippen molar-refractivity contribution in [2.75, 3.05) is 0 Å². The van der Waals surface area contributed by atoms with Gasteiger partial charge in [0.25, 0.3) is 0 Å². The van der Waals surface area contributed by atoms with Gasteiger partial charge in [0.2, 0.25) is 0 Å². The molecule has 0 aromatic rings. The monoisotopic (exact) mass is 346 g/mol. The Labute approximate surface area is 148 Å². The van der Waals surface area contributed by atoms with Crippen LogP contribution >= 0.6 is 0 Å². The Morgan fingerprint density at radius 2 is 2.12 bits per heavy atom. The lowest BCUT2D eigenvalue weighted by Crippen LogP contribution is -2.58. The zero-order chi connectivity index (χ0) is 18.5. The van der Waals surface area contributed by atoms with Gasteiger partial charge in [-0.15, -0.1) is 0 Å². The summed E-state index contributed by atoms with van der Waals surface area (Å²) < 4.78 is 11.3. The van der Waals surface area contributed by atoms with Gasteiger partial charge in [-0.2, -0.15) is 0 Å². The van der Waals surface area contributed by atoms with Crippen molar-refractivity contribution in [2.45, 2.75) is 58.3 Å². The number of fused-ring (bicyclic) bond motifs is 2. The molecule has 136 valence electrons. The van der Waals surface area contributed by atoms with Crippen LogP contribution < -0.4 is 0 Å². The first-order valence-corrected chi connectivity index (χ1v) is 8.80. The van der Waals surface area contributed by atoms with Crippen molar-refractivity contribution in [3.05, 3.63) is 36.0 Å². The van der Waals surface area contributed by atoms with Crippen molar-refractivity contribution in [3.63, 3.8) is 0 Å². The van der Waals surface area contributed by atoms with Crippen molar-refractivity contribution in [1.82, 2.24) is 0 Å². The van der Waals surface area contributed by atoms with E-state index in [4.69, 9.17) is 9.47 Å². The molecule has 1 saturated heterocycles. The van der Waals surface area contributed by atoms with Gasteiger partial charge in [0.05, 0.1) is 12.0 Å². The number of esters is 2. The number of aliphatic hydroxyl groups is 1. The van der Waals surface area contributed by atoms with Crippen LogP contribution in [-0.2, 0) is 19.1 Å². The molecule has 3 fully saturated rings. The highest BCUT2D eigenvalue weighted by molar-refractivity contribution is 5.91. The molecule has 0 bridgehead atoms. The van der Waals surface area contributed by atoms with E-state index < -0.39 is 35.7 Å². The predicted octanol–water partition coefficient (Wildman–Crippen LogP) is 2.70. The molecule has 3 aliphatic rings. The molecule has 0 aromatic carbocycles. The lowest BCUT2D eigenvalue weighted by atomic mass is 9.53. The highest BCUT2D eigenvalue weighted by Crippen LogP contribution is 2.57. The summed E-state index contributed by atoms with van der Waals surface area (Å²) in [5.74, 6) is -1.48. The van der Waals surface area contributed by atoms with Crippen LogP contribution in [0.1, 0.15) is 40.0 Å². The van der Waals surface area contributed by atoms with Crippen LogP contribution in [0.15, 0.2) is 36.0 Å². The third-order valence-electron chi connectivity index (χ3n) is 6.30. The summed E-state index contributed by atoms with van der Waals surface area (Å²) in [5, 5.41) is 10.7. The van der Waals surface area contributed by atoms with Crippen molar-refractivity contribution < 1.29 is 24.2 Å². The molecule has 6 atom stereocenters. The third kappa shape index (κ3) is 2.65. The number of hydrogen-bond donors (Lipinski definition) is 1. The Morgan fingerprint density at radius 3 is 2.76 bits per heavy atom. The van der Waals surface area contributed by atoms with E-state index in [9.17, 15) is 14.7 Å². The van der Waals surface area contributed by atoms with Crippen LogP contribution in [0.2, 0.25) is 0 Å². The lowest BCUT2D eigenvalue weighted by molar-refractivity contribution is -0.177. The van der Waals surface area contributed by atoms with Crippen LogP contribution in [0, 0.1) is 17.3 Å². The molecule has 1 aliphatic heterocycles. The summed E-state index contributed by atoms with van der Waals surface area (Å²) >= 11 is 0. The van der Waals surface area contributed by atoms with Crippen molar-refractivity contribution in [3.8, 4) is 0 Å². The smallest absolute Gasteiger partial charge is 0.334 e. The fraction of sp³-hybridized carbons (Fsp3) is 0.600. The molecule has 2 saturated carbocycles. The maximum absolute atomic E-state index is 12.4. The third-order valence-corrected chi connectivity index (χ3v) is 6.30. The number of carbonyl (C=O) groups excluding carboxylic acids is 2. The Kier molecular flexibility index (Phi) is 4.40. The van der Waals surface area contributed by atoms with E-state index in [0.717, 1.165) is 5.57 Å². The van der Waals surface area contributed by atoms with E-state index in [0.29, 0.717) is 30.4 Å². The van der Waals surface area contributed by atoms with Gasteiger partial charge in [-0.1, -0.05) is 31.7 Å².